The highest BCUT2D eigenvalue weighted by molar-refractivity contribution is 8.26. The van der Waals surface area contributed by atoms with Gasteiger partial charge in [-0.05, 0) is 18.1 Å². The summed E-state index contributed by atoms with van der Waals surface area (Å²) in [6.07, 6.45) is 0. The van der Waals surface area contributed by atoms with Crippen molar-refractivity contribution in [2.75, 3.05) is 7.05 Å². The number of hydrogen-bond donors (Lipinski definition) is 0. The molecule has 0 aromatic heterocycles. The van der Waals surface area contributed by atoms with Crippen LogP contribution in [0.3, 0.4) is 0 Å². The molecule has 1 aromatic rings. The summed E-state index contributed by atoms with van der Waals surface area (Å²) >= 11 is 6.47. The molecule has 82 valence electrons. The largest absolute Gasteiger partial charge is 0.296 e. The molecule has 0 aliphatic carbocycles. The zero-order valence-corrected chi connectivity index (χ0v) is 10.7. The minimum atomic E-state index is -0.00338. The summed E-state index contributed by atoms with van der Waals surface area (Å²) in [7, 11) is 1.71. The first kappa shape index (κ1) is 11.4. The Morgan fingerprint density at radius 3 is 2.44 bits per heavy atom. The summed E-state index contributed by atoms with van der Waals surface area (Å²) < 4.78 is 0.621. The van der Waals surface area contributed by atoms with E-state index in [0.717, 1.165) is 16.0 Å². The maximum atomic E-state index is 11.9. The topological polar surface area (TPSA) is 20.3 Å². The van der Waals surface area contributed by atoms with Gasteiger partial charge in [-0.3, -0.25) is 9.69 Å². The molecule has 1 aliphatic heterocycles. The summed E-state index contributed by atoms with van der Waals surface area (Å²) in [5.74, 6) is -0.00338. The van der Waals surface area contributed by atoms with Crippen molar-refractivity contribution < 1.29 is 4.79 Å². The van der Waals surface area contributed by atoms with Crippen molar-refractivity contribution in [2.24, 2.45) is 0 Å². The van der Waals surface area contributed by atoms with E-state index in [2.05, 4.69) is 0 Å². The van der Waals surface area contributed by atoms with Gasteiger partial charge in [0.1, 0.15) is 4.32 Å². The number of thioether (sulfide) groups is 1. The third kappa shape index (κ3) is 1.90. The number of amides is 1. The lowest BCUT2D eigenvalue weighted by atomic mass is 10.1. The smallest absolute Gasteiger partial charge is 0.266 e. The van der Waals surface area contributed by atoms with Gasteiger partial charge in [-0.25, -0.2) is 0 Å². The summed E-state index contributed by atoms with van der Waals surface area (Å²) in [4.78, 5) is 14.1. The number of hydrogen-bond acceptors (Lipinski definition) is 3. The molecule has 4 heteroatoms. The van der Waals surface area contributed by atoms with Gasteiger partial charge in [-0.1, -0.05) is 54.3 Å². The average Bonchev–Trinajstić information content (AvgIpc) is 2.57. The highest BCUT2D eigenvalue weighted by Gasteiger charge is 2.30. The first-order valence-corrected chi connectivity index (χ1v) is 6.10. The van der Waals surface area contributed by atoms with E-state index >= 15 is 0 Å². The molecule has 1 amide bonds. The molecule has 1 heterocycles. The van der Waals surface area contributed by atoms with Gasteiger partial charge in [0.25, 0.3) is 5.91 Å². The van der Waals surface area contributed by atoms with Gasteiger partial charge in [0.2, 0.25) is 0 Å². The molecule has 1 saturated heterocycles. The molecule has 0 atom stereocenters. The van der Waals surface area contributed by atoms with Gasteiger partial charge in [0, 0.05) is 7.05 Å². The van der Waals surface area contributed by atoms with E-state index < -0.39 is 0 Å². The fraction of sp³-hybridized carbons (Fsp3) is 0.167. The zero-order valence-electron chi connectivity index (χ0n) is 9.06. The van der Waals surface area contributed by atoms with E-state index in [0.29, 0.717) is 4.32 Å². The van der Waals surface area contributed by atoms with Crippen LogP contribution in [0.4, 0.5) is 0 Å². The van der Waals surface area contributed by atoms with Gasteiger partial charge < -0.3 is 0 Å². The van der Waals surface area contributed by atoms with Gasteiger partial charge in [0.15, 0.2) is 0 Å². The molecule has 2 rings (SSSR count). The van der Waals surface area contributed by atoms with E-state index in [1.165, 1.54) is 16.7 Å². The Labute approximate surface area is 104 Å². The van der Waals surface area contributed by atoms with Crippen molar-refractivity contribution in [3.05, 3.63) is 40.8 Å². The Hall–Kier alpha value is -1.13. The molecule has 0 radical (unpaired) electrons. The Balaban J connectivity index is 2.44. The van der Waals surface area contributed by atoms with Crippen LogP contribution in [0, 0.1) is 0 Å². The molecule has 0 N–H and O–H groups in total. The standard InChI is InChI=1S/C12H11NOS2/c1-8(9-6-4-3-5-7-9)10-11(14)13(2)12(15)16-10/h3-7H,1-2H3/b10-8-. The third-order valence-corrected chi connectivity index (χ3v) is 4.17. The Bertz CT molecular complexity index is 479. The number of allylic oxidation sites excluding steroid dienone is 1. The zero-order chi connectivity index (χ0) is 11.7. The van der Waals surface area contributed by atoms with Crippen molar-refractivity contribution in [2.45, 2.75) is 6.92 Å². The lowest BCUT2D eigenvalue weighted by molar-refractivity contribution is -0.121. The lowest BCUT2D eigenvalue weighted by Crippen LogP contribution is -2.22. The van der Waals surface area contributed by atoms with E-state index in [1.807, 2.05) is 37.3 Å². The van der Waals surface area contributed by atoms with Crippen LogP contribution in [0.15, 0.2) is 35.2 Å². The van der Waals surface area contributed by atoms with Crippen LogP contribution in [0.2, 0.25) is 0 Å². The van der Waals surface area contributed by atoms with Crippen molar-refractivity contribution in [1.29, 1.82) is 0 Å². The van der Waals surface area contributed by atoms with Crippen LogP contribution in [0.1, 0.15) is 12.5 Å². The second-order valence-electron chi connectivity index (χ2n) is 3.55. The Kier molecular flexibility index (Phi) is 3.12. The second-order valence-corrected chi connectivity index (χ2v) is 5.20. The van der Waals surface area contributed by atoms with E-state index in [1.54, 1.807) is 7.05 Å². The molecule has 1 fully saturated rings. The summed E-state index contributed by atoms with van der Waals surface area (Å²) in [6.45, 7) is 1.96. The van der Waals surface area contributed by atoms with Crippen LogP contribution in [0.25, 0.3) is 5.57 Å². The maximum Gasteiger partial charge on any atom is 0.266 e. The van der Waals surface area contributed by atoms with Gasteiger partial charge in [-0.2, -0.15) is 0 Å². The Morgan fingerprint density at radius 1 is 1.31 bits per heavy atom. The van der Waals surface area contributed by atoms with Crippen LogP contribution in [-0.4, -0.2) is 22.2 Å². The first-order chi connectivity index (χ1) is 7.61. The molecule has 1 aliphatic rings. The van der Waals surface area contributed by atoms with Crippen LogP contribution in [0.5, 0.6) is 0 Å². The molecule has 0 bridgehead atoms. The number of nitrogens with zero attached hydrogens (tertiary/aromatic N) is 1. The fourth-order valence-electron chi connectivity index (χ4n) is 1.49. The number of likely N-dealkylation sites (N-methyl/N-ethyl adjacent to an activating group) is 1. The summed E-state index contributed by atoms with van der Waals surface area (Å²) in [6, 6.07) is 9.88. The lowest BCUT2D eigenvalue weighted by Gasteiger charge is -2.05. The molecule has 0 unspecified atom stereocenters. The maximum absolute atomic E-state index is 11.9. The fourth-order valence-corrected chi connectivity index (χ4v) is 2.71. The van der Waals surface area contributed by atoms with Crippen LogP contribution >= 0.6 is 24.0 Å². The second kappa shape index (κ2) is 4.39. The highest BCUT2D eigenvalue weighted by atomic mass is 32.2. The van der Waals surface area contributed by atoms with Crippen molar-refractivity contribution in [1.82, 2.24) is 4.90 Å². The SMILES string of the molecule is C/C(=C1/SC(=S)N(C)C1=O)c1ccccc1. The quantitative estimate of drug-likeness (QED) is 0.564. The van der Waals surface area contributed by atoms with Crippen LogP contribution < -0.4 is 0 Å². The van der Waals surface area contributed by atoms with Crippen molar-refractivity contribution >= 4 is 39.8 Å². The number of benzene rings is 1. The third-order valence-electron chi connectivity index (χ3n) is 2.51. The van der Waals surface area contributed by atoms with Gasteiger partial charge in [0.05, 0.1) is 4.91 Å². The average molecular weight is 249 g/mol. The molecule has 1 aromatic carbocycles. The monoisotopic (exact) mass is 249 g/mol. The molecule has 0 saturated carbocycles. The van der Waals surface area contributed by atoms with E-state index in [9.17, 15) is 4.79 Å². The molecule has 2 nitrogen and oxygen atoms in total. The predicted molar refractivity (Wildman–Crippen MR) is 72.0 cm³/mol. The molecule has 16 heavy (non-hydrogen) atoms. The predicted octanol–water partition coefficient (Wildman–Crippen LogP) is 2.91. The first-order valence-electron chi connectivity index (χ1n) is 4.87. The molecule has 0 spiro atoms. The van der Waals surface area contributed by atoms with E-state index in [4.69, 9.17) is 12.2 Å². The summed E-state index contributed by atoms with van der Waals surface area (Å²) in [5, 5.41) is 0. The minimum absolute atomic E-state index is 0.00338. The molecular weight excluding hydrogens is 238 g/mol. The minimum Gasteiger partial charge on any atom is -0.296 e. The van der Waals surface area contributed by atoms with Crippen molar-refractivity contribution in [3.63, 3.8) is 0 Å². The Morgan fingerprint density at radius 2 is 1.94 bits per heavy atom. The number of carbonyl (C=O) groups excluding carboxylic acids is 1. The number of rotatable bonds is 1. The highest BCUT2D eigenvalue weighted by Crippen LogP contribution is 2.35. The van der Waals surface area contributed by atoms with Gasteiger partial charge in [-0.15, -0.1) is 0 Å². The molecular formula is C12H11NOS2. The van der Waals surface area contributed by atoms with Crippen LogP contribution in [-0.2, 0) is 4.79 Å². The van der Waals surface area contributed by atoms with E-state index in [-0.39, 0.29) is 5.91 Å². The normalized spacial score (nSPS) is 19.2. The number of carbonyl (C=O) groups is 1. The summed E-state index contributed by atoms with van der Waals surface area (Å²) in [5.41, 5.74) is 2.05. The van der Waals surface area contributed by atoms with Gasteiger partial charge >= 0.3 is 0 Å². The number of thiocarbonyl (C=S) groups is 1. The van der Waals surface area contributed by atoms with Crippen molar-refractivity contribution in [3.8, 4) is 0 Å².